The number of benzene rings is 2. The Bertz CT molecular complexity index is 1200. The summed E-state index contributed by atoms with van der Waals surface area (Å²) in [6, 6.07) is 9.59. The number of pyridine rings is 1. The fraction of sp³-hybridized carbons (Fsp3) is 0.0800. The highest BCUT2D eigenvalue weighted by Gasteiger charge is 2.31. The van der Waals surface area contributed by atoms with Crippen molar-refractivity contribution in [2.75, 3.05) is 5.32 Å². The topological polar surface area (TPSA) is 59.1 Å². The fourth-order valence-electron chi connectivity index (χ4n) is 3.06. The van der Waals surface area contributed by atoms with Crippen LogP contribution in [0.1, 0.15) is 32.6 Å². The van der Waals surface area contributed by atoms with Crippen molar-refractivity contribution in [1.29, 1.82) is 0 Å². The summed E-state index contributed by atoms with van der Waals surface area (Å²) in [5, 5.41) is 2.49. The minimum Gasteiger partial charge on any atom is -0.322 e. The van der Waals surface area contributed by atoms with Crippen molar-refractivity contribution in [3.8, 4) is 0 Å². The van der Waals surface area contributed by atoms with E-state index in [4.69, 9.17) is 0 Å². The zero-order chi connectivity index (χ0) is 25.6. The lowest BCUT2D eigenvalue weighted by Crippen LogP contribution is -2.09. The first-order chi connectivity index (χ1) is 16.5. The number of nitrogens with zero attached hydrogens (tertiary/aromatic N) is 1. The van der Waals surface area contributed by atoms with Gasteiger partial charge in [0.05, 0.1) is 22.4 Å². The maximum atomic E-state index is 12.9. The number of hydrogen-bond donors (Lipinski definition) is 1. The van der Waals surface area contributed by atoms with E-state index in [1.165, 1.54) is 54.9 Å². The molecule has 1 amide bonds. The third-order valence-electron chi connectivity index (χ3n) is 4.79. The molecule has 0 radical (unpaired) electrons. The maximum Gasteiger partial charge on any atom is 0.416 e. The second-order valence-corrected chi connectivity index (χ2v) is 7.16. The first-order valence-corrected chi connectivity index (χ1v) is 9.93. The van der Waals surface area contributed by atoms with E-state index in [1.807, 2.05) is 0 Å². The molecule has 10 heteroatoms. The smallest absolute Gasteiger partial charge is 0.322 e. The molecule has 3 aromatic rings. The van der Waals surface area contributed by atoms with Gasteiger partial charge in [-0.15, -0.1) is 0 Å². The summed E-state index contributed by atoms with van der Waals surface area (Å²) >= 11 is 0. The monoisotopic (exact) mass is 490 g/mol. The summed E-state index contributed by atoms with van der Waals surface area (Å²) in [4.78, 5) is 27.0. The van der Waals surface area contributed by atoms with Crippen molar-refractivity contribution in [2.24, 2.45) is 0 Å². The lowest BCUT2D eigenvalue weighted by molar-refractivity contribution is -0.138. The molecule has 0 fully saturated rings. The second kappa shape index (κ2) is 10.4. The summed E-state index contributed by atoms with van der Waals surface area (Å²) in [5.41, 5.74) is -0.522. The van der Waals surface area contributed by atoms with E-state index in [0.29, 0.717) is 17.4 Å². The van der Waals surface area contributed by atoms with Crippen molar-refractivity contribution >= 4 is 23.5 Å². The molecule has 0 saturated heterocycles. The van der Waals surface area contributed by atoms with E-state index in [9.17, 15) is 35.9 Å². The molecule has 0 saturated carbocycles. The second-order valence-electron chi connectivity index (χ2n) is 7.16. The number of carbonyl (C=O) groups is 2. The number of halogens is 6. The molecule has 35 heavy (non-hydrogen) atoms. The van der Waals surface area contributed by atoms with E-state index < -0.39 is 29.4 Å². The number of anilines is 1. The van der Waals surface area contributed by atoms with Gasteiger partial charge in [-0.05, 0) is 47.0 Å². The van der Waals surface area contributed by atoms with Crippen LogP contribution >= 0.6 is 0 Å². The van der Waals surface area contributed by atoms with Crippen LogP contribution in [0.15, 0.2) is 85.2 Å². The van der Waals surface area contributed by atoms with Crippen LogP contribution in [0.2, 0.25) is 0 Å². The van der Waals surface area contributed by atoms with Gasteiger partial charge in [0.15, 0.2) is 6.29 Å². The Morgan fingerprint density at radius 3 is 1.77 bits per heavy atom. The van der Waals surface area contributed by atoms with Crippen molar-refractivity contribution in [3.63, 3.8) is 0 Å². The Balaban J connectivity index is 1.93. The van der Waals surface area contributed by atoms with Crippen LogP contribution in [-0.2, 0) is 17.1 Å². The predicted molar refractivity (Wildman–Crippen MR) is 117 cm³/mol. The summed E-state index contributed by atoms with van der Waals surface area (Å²) in [6.07, 6.45) is -2.17. The Labute approximate surface area is 195 Å². The molecule has 1 aromatic heterocycles. The zero-order valence-corrected chi connectivity index (χ0v) is 17.7. The van der Waals surface area contributed by atoms with Gasteiger partial charge in [-0.25, -0.2) is 0 Å². The van der Waals surface area contributed by atoms with Gasteiger partial charge in [-0.2, -0.15) is 26.3 Å². The molecule has 0 aliphatic heterocycles. The number of aromatic nitrogens is 1. The van der Waals surface area contributed by atoms with Crippen molar-refractivity contribution < 1.29 is 35.9 Å². The number of hydrogen-bond acceptors (Lipinski definition) is 3. The average Bonchev–Trinajstić information content (AvgIpc) is 2.81. The van der Waals surface area contributed by atoms with E-state index in [-0.39, 0.29) is 16.8 Å². The molecule has 3 rings (SSSR count). The normalized spacial score (nSPS) is 11.8. The standard InChI is InChI=1S/C25H16F6N2O2/c26-24(27,28)19-8-4-16(5-9-19)21(17-6-10-20(11-7-17)25(29,30)31)2-1-3-23(35)33-22-12-13-32-14-18(22)15-34/h1-15H,(H,32,33,35)/b3-1+. The van der Waals surface area contributed by atoms with Gasteiger partial charge in [0, 0.05) is 18.5 Å². The van der Waals surface area contributed by atoms with Crippen LogP contribution in [0.3, 0.4) is 0 Å². The van der Waals surface area contributed by atoms with Crippen LogP contribution in [-0.4, -0.2) is 17.2 Å². The van der Waals surface area contributed by atoms with Crippen molar-refractivity contribution in [1.82, 2.24) is 4.98 Å². The Morgan fingerprint density at radius 2 is 1.31 bits per heavy atom. The maximum absolute atomic E-state index is 12.9. The van der Waals surface area contributed by atoms with Gasteiger partial charge in [0.25, 0.3) is 0 Å². The van der Waals surface area contributed by atoms with Crippen LogP contribution in [0, 0.1) is 0 Å². The largest absolute Gasteiger partial charge is 0.416 e. The van der Waals surface area contributed by atoms with Gasteiger partial charge in [0.2, 0.25) is 5.91 Å². The van der Waals surface area contributed by atoms with Gasteiger partial charge >= 0.3 is 12.4 Å². The summed E-state index contributed by atoms with van der Waals surface area (Å²) in [7, 11) is 0. The molecule has 4 nitrogen and oxygen atoms in total. The van der Waals surface area contributed by atoms with Crippen molar-refractivity contribution in [2.45, 2.75) is 12.4 Å². The molecule has 0 unspecified atom stereocenters. The number of carbonyl (C=O) groups excluding carboxylic acids is 2. The Morgan fingerprint density at radius 1 is 0.800 bits per heavy atom. The average molecular weight is 490 g/mol. The quantitative estimate of drug-likeness (QED) is 0.184. The Kier molecular flexibility index (Phi) is 7.53. The summed E-state index contributed by atoms with van der Waals surface area (Å²) in [5.74, 6) is -0.616. The highest BCUT2D eigenvalue weighted by atomic mass is 19.4. The number of nitrogens with one attached hydrogen (secondary N) is 1. The highest BCUT2D eigenvalue weighted by molar-refractivity contribution is 6.02. The molecule has 0 spiro atoms. The number of aldehydes is 1. The third kappa shape index (κ3) is 6.66. The van der Waals surface area contributed by atoms with Crippen LogP contribution in [0.5, 0.6) is 0 Å². The molecule has 0 bridgehead atoms. The van der Waals surface area contributed by atoms with E-state index in [1.54, 1.807) is 0 Å². The third-order valence-corrected chi connectivity index (χ3v) is 4.79. The van der Waals surface area contributed by atoms with E-state index in [0.717, 1.165) is 30.3 Å². The van der Waals surface area contributed by atoms with E-state index >= 15 is 0 Å². The molecular weight excluding hydrogens is 474 g/mol. The molecule has 1 heterocycles. The zero-order valence-electron chi connectivity index (χ0n) is 17.7. The Hall–Kier alpha value is -4.21. The van der Waals surface area contributed by atoms with E-state index in [2.05, 4.69) is 10.3 Å². The molecule has 0 aliphatic rings. The lowest BCUT2D eigenvalue weighted by atomic mass is 9.95. The SMILES string of the molecule is O=Cc1cnccc1NC(=O)/C=C/C=C(c1ccc(C(F)(F)F)cc1)c1ccc(C(F)(F)F)cc1. The van der Waals surface area contributed by atoms with Crippen LogP contribution in [0.25, 0.3) is 5.57 Å². The number of alkyl halides is 6. The molecule has 2 aromatic carbocycles. The lowest BCUT2D eigenvalue weighted by Gasteiger charge is -2.12. The fourth-order valence-corrected chi connectivity index (χ4v) is 3.06. The van der Waals surface area contributed by atoms with Gasteiger partial charge < -0.3 is 5.32 Å². The molecule has 0 aliphatic carbocycles. The number of rotatable bonds is 6. The number of allylic oxidation sites excluding steroid dienone is 2. The first kappa shape index (κ1) is 25.4. The number of amides is 1. The highest BCUT2D eigenvalue weighted by Crippen LogP contribution is 2.33. The van der Waals surface area contributed by atoms with Gasteiger partial charge in [0.1, 0.15) is 0 Å². The molecule has 0 atom stereocenters. The van der Waals surface area contributed by atoms with Gasteiger partial charge in [-0.1, -0.05) is 36.4 Å². The minimum atomic E-state index is -4.55. The van der Waals surface area contributed by atoms with Crippen molar-refractivity contribution in [3.05, 3.63) is 113 Å². The first-order valence-electron chi connectivity index (χ1n) is 9.93. The van der Waals surface area contributed by atoms with Gasteiger partial charge in [-0.3, -0.25) is 14.6 Å². The van der Waals surface area contributed by atoms with Crippen LogP contribution < -0.4 is 5.32 Å². The summed E-state index contributed by atoms with van der Waals surface area (Å²) < 4.78 is 77.5. The minimum absolute atomic E-state index is 0.153. The molecule has 1 N–H and O–H groups in total. The summed E-state index contributed by atoms with van der Waals surface area (Å²) in [6.45, 7) is 0. The molecular formula is C25H16F6N2O2. The van der Waals surface area contributed by atoms with Crippen LogP contribution in [0.4, 0.5) is 32.0 Å². The molecule has 180 valence electrons. The predicted octanol–water partition coefficient (Wildman–Crippen LogP) is 6.56.